The maximum atomic E-state index is 13.0. The number of amides is 1. The lowest BCUT2D eigenvalue weighted by molar-refractivity contribution is -0.142. The third-order valence-electron chi connectivity index (χ3n) is 6.80. The van der Waals surface area contributed by atoms with Crippen molar-refractivity contribution in [1.82, 2.24) is 19.9 Å². The zero-order valence-electron chi connectivity index (χ0n) is 19.7. The number of nitrogens with one attached hydrogen (secondary N) is 1. The van der Waals surface area contributed by atoms with Crippen LogP contribution in [0.15, 0.2) is 36.7 Å². The van der Waals surface area contributed by atoms with Crippen LogP contribution in [0.4, 0.5) is 24.8 Å². The van der Waals surface area contributed by atoms with E-state index in [-0.39, 0.29) is 17.8 Å². The minimum absolute atomic E-state index is 0.0338. The van der Waals surface area contributed by atoms with E-state index in [1.165, 1.54) is 11.3 Å². The first-order chi connectivity index (χ1) is 17.1. The molecule has 3 heterocycles. The van der Waals surface area contributed by atoms with E-state index in [0.29, 0.717) is 36.4 Å². The average Bonchev–Trinajstić information content (AvgIpc) is 3.29. The van der Waals surface area contributed by atoms with Crippen molar-refractivity contribution in [2.24, 2.45) is 5.92 Å². The first-order valence-corrected chi connectivity index (χ1v) is 12.7. The molecular formula is C25H26F3N5O2S. The number of aryl methyl sites for hydroxylation is 1. The number of halogens is 3. The number of aliphatic hydroxyl groups is 1. The van der Waals surface area contributed by atoms with Gasteiger partial charge in [-0.05, 0) is 68.4 Å². The van der Waals surface area contributed by atoms with E-state index in [1.54, 1.807) is 18.3 Å². The minimum Gasteiger partial charge on any atom is -0.383 e. The topological polar surface area (TPSA) is 91.2 Å². The van der Waals surface area contributed by atoms with Crippen LogP contribution in [0.1, 0.15) is 48.4 Å². The van der Waals surface area contributed by atoms with Gasteiger partial charge in [0.1, 0.15) is 16.3 Å². The number of carbonyl (C=O) groups excluding carboxylic acids is 1. The molecule has 0 atom stereocenters. The molecule has 0 unspecified atom stereocenters. The van der Waals surface area contributed by atoms with Gasteiger partial charge in [0.2, 0.25) is 11.9 Å². The van der Waals surface area contributed by atoms with Crippen molar-refractivity contribution in [3.05, 3.63) is 52.9 Å². The van der Waals surface area contributed by atoms with Crippen LogP contribution in [-0.4, -0.2) is 44.0 Å². The molecule has 2 aromatic heterocycles. The van der Waals surface area contributed by atoms with Crippen LogP contribution in [0.2, 0.25) is 0 Å². The Morgan fingerprint density at radius 2 is 1.94 bits per heavy atom. The molecule has 1 aromatic carbocycles. The molecule has 190 valence electrons. The lowest BCUT2D eigenvalue weighted by atomic mass is 9.78. The number of rotatable bonds is 5. The Morgan fingerprint density at radius 1 is 1.19 bits per heavy atom. The molecule has 11 heteroatoms. The summed E-state index contributed by atoms with van der Waals surface area (Å²) in [4.78, 5) is 27.2. The fourth-order valence-corrected chi connectivity index (χ4v) is 5.73. The highest BCUT2D eigenvalue weighted by Crippen LogP contribution is 2.43. The highest BCUT2D eigenvalue weighted by Gasteiger charge is 2.41. The van der Waals surface area contributed by atoms with Crippen LogP contribution >= 0.6 is 11.3 Å². The molecule has 0 bridgehead atoms. The molecule has 2 N–H and O–H groups in total. The van der Waals surface area contributed by atoms with Crippen molar-refractivity contribution in [3.8, 4) is 10.4 Å². The summed E-state index contributed by atoms with van der Waals surface area (Å²) in [6.45, 7) is 3.55. The average molecular weight is 518 g/mol. The Kier molecular flexibility index (Phi) is 6.46. The van der Waals surface area contributed by atoms with Gasteiger partial charge < -0.3 is 15.3 Å². The second-order valence-corrected chi connectivity index (χ2v) is 10.5. The summed E-state index contributed by atoms with van der Waals surface area (Å²) in [6.07, 6.45) is 1.51. The third kappa shape index (κ3) is 5.08. The van der Waals surface area contributed by atoms with Gasteiger partial charge >= 0.3 is 6.18 Å². The van der Waals surface area contributed by atoms with E-state index in [9.17, 15) is 23.1 Å². The van der Waals surface area contributed by atoms with Gasteiger partial charge in [-0.1, -0.05) is 6.07 Å². The first kappa shape index (κ1) is 24.6. The number of benzene rings is 1. The maximum Gasteiger partial charge on any atom is 0.433 e. The molecular weight excluding hydrogens is 491 g/mol. The lowest BCUT2D eigenvalue weighted by Gasteiger charge is -2.38. The SMILES string of the molecule is Cc1cc(Nc2nccc(C(F)(F)F)n2)cc(-c2cnc([C@]3(O)CC[C@@H](C(=O)N4CCC4)CC3)s2)c1. The number of hydrogen-bond acceptors (Lipinski definition) is 7. The fourth-order valence-electron chi connectivity index (χ4n) is 4.68. The summed E-state index contributed by atoms with van der Waals surface area (Å²) in [6, 6.07) is 6.35. The van der Waals surface area contributed by atoms with E-state index in [2.05, 4.69) is 20.3 Å². The van der Waals surface area contributed by atoms with E-state index in [0.717, 1.165) is 47.8 Å². The second-order valence-electron chi connectivity index (χ2n) is 9.49. The molecule has 1 saturated carbocycles. The van der Waals surface area contributed by atoms with Crippen LogP contribution in [0.5, 0.6) is 0 Å². The van der Waals surface area contributed by atoms with Crippen molar-refractivity contribution in [2.75, 3.05) is 18.4 Å². The minimum atomic E-state index is -4.56. The summed E-state index contributed by atoms with van der Waals surface area (Å²) in [5.41, 5.74) is 0.169. The van der Waals surface area contributed by atoms with Gasteiger partial charge in [0.05, 0.1) is 4.88 Å². The van der Waals surface area contributed by atoms with Gasteiger partial charge in [0, 0.05) is 37.1 Å². The number of hydrogen-bond donors (Lipinski definition) is 2. The summed E-state index contributed by atoms with van der Waals surface area (Å²) < 4.78 is 39.0. The van der Waals surface area contributed by atoms with E-state index in [1.807, 2.05) is 17.9 Å². The molecule has 36 heavy (non-hydrogen) atoms. The van der Waals surface area contributed by atoms with E-state index >= 15 is 0 Å². The first-order valence-electron chi connectivity index (χ1n) is 11.9. The number of alkyl halides is 3. The van der Waals surface area contributed by atoms with Crippen LogP contribution in [0, 0.1) is 12.8 Å². The van der Waals surface area contributed by atoms with Gasteiger partial charge in [-0.2, -0.15) is 13.2 Å². The standard InChI is InChI=1S/C25H26F3N5O2S/c1-15-11-17(13-18(12-15)31-23-29-8-5-20(32-23)25(26,27)28)19-14-30-22(36-19)24(35)6-3-16(4-7-24)21(34)33-9-2-10-33/h5,8,11-14,16,35H,2-4,6-7,9-10H2,1H3,(H,29,31,32)/t16-,24+. The lowest BCUT2D eigenvalue weighted by Crippen LogP contribution is -2.47. The third-order valence-corrected chi connectivity index (χ3v) is 8.04. The van der Waals surface area contributed by atoms with Crippen LogP contribution in [0.3, 0.4) is 0 Å². The second kappa shape index (κ2) is 9.44. The number of likely N-dealkylation sites (tertiary alicyclic amines) is 1. The summed E-state index contributed by atoms with van der Waals surface area (Å²) in [5, 5.41) is 14.8. The molecule has 1 aliphatic heterocycles. The molecule has 0 radical (unpaired) electrons. The molecule has 7 nitrogen and oxygen atoms in total. The quantitative estimate of drug-likeness (QED) is 0.479. The Hall–Kier alpha value is -3.05. The normalized spacial score (nSPS) is 22.2. The number of aromatic nitrogens is 3. The Labute approximate surface area is 210 Å². The number of thiazole rings is 1. The summed E-state index contributed by atoms with van der Waals surface area (Å²) in [5.74, 6) is 0.0198. The van der Waals surface area contributed by atoms with Gasteiger partial charge in [0.25, 0.3) is 0 Å². The Bertz CT molecular complexity index is 1270. The van der Waals surface area contributed by atoms with Crippen molar-refractivity contribution < 1.29 is 23.1 Å². The largest absolute Gasteiger partial charge is 0.433 e. The van der Waals surface area contributed by atoms with Crippen molar-refractivity contribution in [2.45, 2.75) is 50.8 Å². The van der Waals surface area contributed by atoms with Gasteiger partial charge in [-0.15, -0.1) is 11.3 Å². The predicted octanol–water partition coefficient (Wildman–Crippen LogP) is 5.28. The Balaban J connectivity index is 1.31. The zero-order valence-corrected chi connectivity index (χ0v) is 20.5. The highest BCUT2D eigenvalue weighted by molar-refractivity contribution is 7.15. The number of anilines is 2. The maximum absolute atomic E-state index is 13.0. The monoisotopic (exact) mass is 517 g/mol. The molecule has 1 saturated heterocycles. The van der Waals surface area contributed by atoms with Gasteiger partial charge in [0.15, 0.2) is 0 Å². The number of nitrogens with zero attached hydrogens (tertiary/aromatic N) is 4. The molecule has 1 aliphatic carbocycles. The molecule has 2 fully saturated rings. The van der Waals surface area contributed by atoms with Crippen LogP contribution in [0.25, 0.3) is 10.4 Å². The van der Waals surface area contributed by atoms with Crippen LogP contribution in [-0.2, 0) is 16.6 Å². The van der Waals surface area contributed by atoms with E-state index in [4.69, 9.17) is 0 Å². The molecule has 3 aromatic rings. The van der Waals surface area contributed by atoms with E-state index < -0.39 is 17.5 Å². The van der Waals surface area contributed by atoms with Gasteiger partial charge in [-0.3, -0.25) is 4.79 Å². The Morgan fingerprint density at radius 3 is 2.61 bits per heavy atom. The molecule has 0 spiro atoms. The summed E-state index contributed by atoms with van der Waals surface area (Å²) >= 11 is 1.39. The predicted molar refractivity (Wildman–Crippen MR) is 130 cm³/mol. The van der Waals surface area contributed by atoms with Gasteiger partial charge in [-0.25, -0.2) is 15.0 Å². The van der Waals surface area contributed by atoms with Crippen molar-refractivity contribution in [3.63, 3.8) is 0 Å². The van der Waals surface area contributed by atoms with Crippen molar-refractivity contribution in [1.29, 1.82) is 0 Å². The smallest absolute Gasteiger partial charge is 0.383 e. The van der Waals surface area contributed by atoms with Crippen LogP contribution < -0.4 is 5.32 Å². The number of carbonyl (C=O) groups is 1. The van der Waals surface area contributed by atoms with Crippen molar-refractivity contribution >= 4 is 28.9 Å². The fraction of sp³-hybridized carbons (Fsp3) is 0.440. The highest BCUT2D eigenvalue weighted by atomic mass is 32.1. The summed E-state index contributed by atoms with van der Waals surface area (Å²) in [7, 11) is 0. The molecule has 2 aliphatic rings. The zero-order chi connectivity index (χ0) is 25.5. The molecule has 5 rings (SSSR count). The molecule has 1 amide bonds.